The molecule has 6 aromatic carbocycles. The van der Waals surface area contributed by atoms with Crippen LogP contribution in [0.25, 0.3) is 43.8 Å². The normalized spacial score (nSPS) is 12.1. The molecule has 184 valence electrons. The maximum atomic E-state index is 14.8. The number of fused-ring (bicyclic) bond motifs is 2. The van der Waals surface area contributed by atoms with Gasteiger partial charge >= 0.3 is 0 Å². The first-order valence-corrected chi connectivity index (χ1v) is 14.2. The number of hydrogen-bond donors (Lipinski definition) is 0. The van der Waals surface area contributed by atoms with E-state index in [-0.39, 0.29) is 0 Å². The Morgan fingerprint density at radius 1 is 0.605 bits per heavy atom. The van der Waals surface area contributed by atoms with E-state index >= 15 is 0 Å². The Morgan fingerprint density at radius 3 is 1.95 bits per heavy atom. The van der Waals surface area contributed by atoms with Crippen LogP contribution in [0.4, 0.5) is 0 Å². The average molecular weight is 511 g/mol. The van der Waals surface area contributed by atoms with E-state index in [9.17, 15) is 9.36 Å². The molecule has 0 fully saturated rings. The summed E-state index contributed by atoms with van der Waals surface area (Å²) >= 11 is 0. The van der Waals surface area contributed by atoms with Crippen LogP contribution >= 0.6 is 7.80 Å². The number of aryl methyl sites for hydroxylation is 2. The molecule has 0 amide bonds. The molecule has 2 nitrogen and oxygen atoms in total. The van der Waals surface area contributed by atoms with Crippen LogP contribution in [0.15, 0.2) is 115 Å². The Kier molecular flexibility index (Phi) is 6.27. The van der Waals surface area contributed by atoms with Gasteiger partial charge in [0.2, 0.25) is 0 Å². The Bertz CT molecular complexity index is 1880. The SMILES string of the molecule is Cc1cccc(-c2cc3ccccc3c([PH](=O)c3ccc4ccccc4c3C=O)c2-c2cccc(C)c2)c1. The van der Waals surface area contributed by atoms with Crippen molar-refractivity contribution in [1.29, 1.82) is 0 Å². The zero-order valence-electron chi connectivity index (χ0n) is 21.4. The average Bonchev–Trinajstić information content (AvgIpc) is 2.95. The maximum absolute atomic E-state index is 14.8. The van der Waals surface area contributed by atoms with Crippen LogP contribution in [0.2, 0.25) is 0 Å². The molecule has 0 aliphatic heterocycles. The molecule has 0 saturated heterocycles. The summed E-state index contributed by atoms with van der Waals surface area (Å²) in [7, 11) is -2.61. The van der Waals surface area contributed by atoms with Gasteiger partial charge < -0.3 is 4.57 Å². The van der Waals surface area contributed by atoms with E-state index in [1.807, 2.05) is 60.7 Å². The quantitative estimate of drug-likeness (QED) is 0.173. The van der Waals surface area contributed by atoms with E-state index in [1.165, 1.54) is 0 Å². The van der Waals surface area contributed by atoms with Gasteiger partial charge in [0.15, 0.2) is 6.29 Å². The molecule has 0 aromatic heterocycles. The monoisotopic (exact) mass is 510 g/mol. The van der Waals surface area contributed by atoms with Gasteiger partial charge in [0.1, 0.15) is 7.80 Å². The highest BCUT2D eigenvalue weighted by Crippen LogP contribution is 2.41. The first-order valence-electron chi connectivity index (χ1n) is 12.8. The van der Waals surface area contributed by atoms with E-state index < -0.39 is 7.80 Å². The van der Waals surface area contributed by atoms with Crippen LogP contribution in [-0.2, 0) is 4.57 Å². The van der Waals surface area contributed by atoms with Crippen molar-refractivity contribution in [2.75, 3.05) is 0 Å². The standard InChI is InChI=1S/C35H27O2P/c1-23-9-7-13-26(19-23)31-21-27-12-4-6-16-30(27)35(34(31)28-14-8-10-24(2)20-28)38(37)33-18-17-25-11-3-5-15-29(25)32(33)22-36/h3-22,38H,1-2H3. The van der Waals surface area contributed by atoms with Gasteiger partial charge in [-0.2, -0.15) is 0 Å². The molecule has 6 rings (SSSR count). The largest absolute Gasteiger partial charge is 0.317 e. The van der Waals surface area contributed by atoms with E-state index in [1.54, 1.807) is 0 Å². The molecule has 6 aromatic rings. The highest BCUT2D eigenvalue weighted by molar-refractivity contribution is 7.62. The lowest BCUT2D eigenvalue weighted by Crippen LogP contribution is -2.16. The number of carbonyl (C=O) groups is 1. The summed E-state index contributed by atoms with van der Waals surface area (Å²) in [6.45, 7) is 4.17. The minimum Gasteiger partial charge on any atom is -0.317 e. The van der Waals surface area contributed by atoms with Gasteiger partial charge in [-0.3, -0.25) is 4.79 Å². The Morgan fingerprint density at radius 2 is 1.24 bits per heavy atom. The number of benzene rings is 6. The second-order valence-corrected chi connectivity index (χ2v) is 11.5. The molecular formula is C35H27O2P. The van der Waals surface area contributed by atoms with E-state index in [0.717, 1.165) is 66.5 Å². The smallest absolute Gasteiger partial charge is 0.151 e. The zero-order chi connectivity index (χ0) is 26.2. The van der Waals surface area contributed by atoms with Crippen molar-refractivity contribution in [3.63, 3.8) is 0 Å². The van der Waals surface area contributed by atoms with Crippen molar-refractivity contribution < 1.29 is 9.36 Å². The van der Waals surface area contributed by atoms with E-state index in [4.69, 9.17) is 0 Å². The molecule has 1 unspecified atom stereocenters. The third-order valence-corrected chi connectivity index (χ3v) is 9.14. The predicted octanol–water partition coefficient (Wildman–Crippen LogP) is 8.27. The third kappa shape index (κ3) is 4.18. The molecule has 0 aliphatic rings. The number of carbonyl (C=O) groups excluding carboxylic acids is 1. The fourth-order valence-corrected chi connectivity index (χ4v) is 7.40. The van der Waals surface area contributed by atoms with Crippen LogP contribution in [0.3, 0.4) is 0 Å². The first kappa shape index (κ1) is 24.1. The maximum Gasteiger partial charge on any atom is 0.151 e. The van der Waals surface area contributed by atoms with Gasteiger partial charge in [-0.15, -0.1) is 0 Å². The molecule has 0 spiro atoms. The van der Waals surface area contributed by atoms with Crippen molar-refractivity contribution in [3.8, 4) is 22.3 Å². The predicted molar refractivity (Wildman–Crippen MR) is 162 cm³/mol. The van der Waals surface area contributed by atoms with Crippen LogP contribution < -0.4 is 10.6 Å². The van der Waals surface area contributed by atoms with Gasteiger partial charge in [-0.1, -0.05) is 120 Å². The van der Waals surface area contributed by atoms with E-state index in [2.05, 4.69) is 68.4 Å². The van der Waals surface area contributed by atoms with Gasteiger partial charge in [-0.25, -0.2) is 0 Å². The molecule has 0 N–H and O–H groups in total. The lowest BCUT2D eigenvalue weighted by Gasteiger charge is -2.20. The molecule has 1 atom stereocenters. The summed E-state index contributed by atoms with van der Waals surface area (Å²) in [6, 6.07) is 38.8. The minimum atomic E-state index is -2.61. The molecule has 0 heterocycles. The molecule has 0 saturated carbocycles. The summed E-state index contributed by atoms with van der Waals surface area (Å²) in [5.41, 5.74) is 6.92. The van der Waals surface area contributed by atoms with Crippen molar-refractivity contribution in [2.24, 2.45) is 0 Å². The van der Waals surface area contributed by atoms with Crippen molar-refractivity contribution in [2.45, 2.75) is 13.8 Å². The number of rotatable bonds is 5. The fourth-order valence-electron chi connectivity index (χ4n) is 5.48. The van der Waals surface area contributed by atoms with Crippen molar-refractivity contribution >= 4 is 46.2 Å². The lowest BCUT2D eigenvalue weighted by molar-refractivity contribution is 0.112. The summed E-state index contributed by atoms with van der Waals surface area (Å²) < 4.78 is 14.8. The first-order chi connectivity index (χ1) is 18.5. The topological polar surface area (TPSA) is 34.1 Å². The van der Waals surface area contributed by atoms with Gasteiger partial charge in [0.05, 0.1) is 0 Å². The fraction of sp³-hybridized carbons (Fsp3) is 0.0571. The Labute approximate surface area is 223 Å². The summed E-state index contributed by atoms with van der Waals surface area (Å²) in [6.07, 6.45) is 0.860. The third-order valence-electron chi connectivity index (χ3n) is 7.25. The molecule has 0 bridgehead atoms. The van der Waals surface area contributed by atoms with E-state index in [0.29, 0.717) is 10.9 Å². The molecule has 3 heteroatoms. The van der Waals surface area contributed by atoms with Gasteiger partial charge in [0.25, 0.3) is 0 Å². The minimum absolute atomic E-state index is 0.507. The van der Waals surface area contributed by atoms with Crippen LogP contribution in [0.5, 0.6) is 0 Å². The number of hydrogen-bond acceptors (Lipinski definition) is 2. The molecule has 38 heavy (non-hydrogen) atoms. The van der Waals surface area contributed by atoms with Crippen LogP contribution in [0.1, 0.15) is 21.5 Å². The summed E-state index contributed by atoms with van der Waals surface area (Å²) in [4.78, 5) is 12.4. The van der Waals surface area contributed by atoms with Crippen molar-refractivity contribution in [1.82, 2.24) is 0 Å². The van der Waals surface area contributed by atoms with Gasteiger partial charge in [0, 0.05) is 21.7 Å². The second-order valence-electron chi connectivity index (χ2n) is 9.83. The number of aldehydes is 1. The Hall–Kier alpha value is -4.26. The zero-order valence-corrected chi connectivity index (χ0v) is 22.4. The highest BCUT2D eigenvalue weighted by atomic mass is 31.1. The molecular weight excluding hydrogens is 483 g/mol. The summed E-state index contributed by atoms with van der Waals surface area (Å²) in [5, 5.41) is 5.18. The highest BCUT2D eigenvalue weighted by Gasteiger charge is 2.24. The summed E-state index contributed by atoms with van der Waals surface area (Å²) in [5.74, 6) is 0. The van der Waals surface area contributed by atoms with Crippen LogP contribution in [0, 0.1) is 13.8 Å². The molecule has 0 radical (unpaired) electrons. The molecule has 0 aliphatic carbocycles. The van der Waals surface area contributed by atoms with Gasteiger partial charge in [-0.05, 0) is 58.1 Å². The second kappa shape index (κ2) is 9.89. The Balaban J connectivity index is 1.75. The van der Waals surface area contributed by atoms with Crippen molar-refractivity contribution in [3.05, 3.63) is 132 Å². The van der Waals surface area contributed by atoms with Crippen LogP contribution in [-0.4, -0.2) is 6.29 Å². The lowest BCUT2D eigenvalue weighted by atomic mass is 9.90.